The third-order valence-corrected chi connectivity index (χ3v) is 0.474. The van der Waals surface area contributed by atoms with Crippen molar-refractivity contribution < 1.29 is 1.43 Å². The number of rotatable bonds is 1. The summed E-state index contributed by atoms with van der Waals surface area (Å²) in [5, 5.41) is 0. The van der Waals surface area contributed by atoms with Crippen molar-refractivity contribution in [3.8, 4) is 0 Å². The lowest BCUT2D eigenvalue weighted by atomic mass is 10.3. The molecular formula is C6H13N. The molecular weight excluding hydrogens is 86.1 g/mol. The van der Waals surface area contributed by atoms with Crippen LogP contribution in [0.2, 0.25) is 0 Å². The lowest BCUT2D eigenvalue weighted by Gasteiger charge is -1.86. The van der Waals surface area contributed by atoms with Gasteiger partial charge in [0.15, 0.2) is 0 Å². The van der Waals surface area contributed by atoms with Crippen molar-refractivity contribution in [1.29, 1.82) is 0 Å². The van der Waals surface area contributed by atoms with E-state index in [9.17, 15) is 0 Å². The minimum absolute atomic E-state index is 0. The zero-order valence-corrected chi connectivity index (χ0v) is 4.86. The lowest BCUT2D eigenvalue weighted by molar-refractivity contribution is 1.29. The van der Waals surface area contributed by atoms with Crippen LogP contribution in [0.1, 0.15) is 15.3 Å². The molecule has 0 amide bonds. The summed E-state index contributed by atoms with van der Waals surface area (Å²) in [6, 6.07) is 0. The summed E-state index contributed by atoms with van der Waals surface area (Å²) in [4.78, 5) is 0. The fraction of sp³-hybridized carbons (Fsp3) is 0.333. The zero-order valence-electron chi connectivity index (χ0n) is 4.86. The van der Waals surface area contributed by atoms with Crippen LogP contribution in [0.5, 0.6) is 0 Å². The van der Waals surface area contributed by atoms with E-state index in [1.165, 1.54) is 0 Å². The number of hydrogen-bond donors (Lipinski definition) is 1. The molecule has 0 rings (SSSR count). The molecule has 0 saturated carbocycles. The molecule has 0 aliphatic carbocycles. The first-order chi connectivity index (χ1) is 3.13. The molecule has 0 atom stereocenters. The average Bonchev–Trinajstić information content (AvgIpc) is 1.27. The molecule has 0 saturated heterocycles. The average molecular weight is 99.2 g/mol. The number of allylic oxidation sites excluding steroid dienone is 3. The van der Waals surface area contributed by atoms with Gasteiger partial charge in [0.1, 0.15) is 0 Å². The van der Waals surface area contributed by atoms with Gasteiger partial charge in [0.2, 0.25) is 0 Å². The van der Waals surface area contributed by atoms with Gasteiger partial charge in [0, 0.05) is 7.12 Å². The Labute approximate surface area is 46.0 Å². The predicted molar refractivity (Wildman–Crippen MR) is 34.9 cm³/mol. The third-order valence-electron chi connectivity index (χ3n) is 0.474. The summed E-state index contributed by atoms with van der Waals surface area (Å²) in [5.41, 5.74) is 7.11. The minimum atomic E-state index is 0. The van der Waals surface area contributed by atoms with E-state index >= 15 is 0 Å². The van der Waals surface area contributed by atoms with Crippen LogP contribution in [0.15, 0.2) is 23.9 Å². The minimum Gasteiger partial charge on any atom is -0.402 e. The highest BCUT2D eigenvalue weighted by atomic mass is 14.5. The molecule has 0 spiro atoms. The molecule has 0 radical (unpaired) electrons. The van der Waals surface area contributed by atoms with Crippen LogP contribution < -0.4 is 5.73 Å². The van der Waals surface area contributed by atoms with Crippen LogP contribution in [-0.4, -0.2) is 0 Å². The normalized spacial score (nSPS) is 11.4. The molecule has 0 aromatic carbocycles. The van der Waals surface area contributed by atoms with Crippen molar-refractivity contribution >= 4 is 0 Å². The Morgan fingerprint density at radius 1 is 1.71 bits per heavy atom. The van der Waals surface area contributed by atoms with Gasteiger partial charge in [-0.1, -0.05) is 12.2 Å². The quantitative estimate of drug-likeness (QED) is 0.497. The summed E-state index contributed by atoms with van der Waals surface area (Å²) < 4.78 is 0. The first-order valence-corrected chi connectivity index (χ1v) is 2.22. The topological polar surface area (TPSA) is 26.0 Å². The van der Waals surface area contributed by atoms with E-state index in [4.69, 9.17) is 5.73 Å². The molecule has 2 N–H and O–H groups in total. The van der Waals surface area contributed by atoms with E-state index in [0.29, 0.717) is 0 Å². The maximum absolute atomic E-state index is 5.29. The van der Waals surface area contributed by atoms with Gasteiger partial charge in [0.05, 0.1) is 0 Å². The second-order valence-corrected chi connectivity index (χ2v) is 1.73. The van der Waals surface area contributed by atoms with Crippen LogP contribution in [0.25, 0.3) is 0 Å². The van der Waals surface area contributed by atoms with Crippen LogP contribution in [0.4, 0.5) is 0 Å². The van der Waals surface area contributed by atoms with Crippen molar-refractivity contribution in [2.45, 2.75) is 13.8 Å². The summed E-state index contributed by atoms with van der Waals surface area (Å²) in [5.74, 6) is 0. The molecule has 42 valence electrons. The van der Waals surface area contributed by atoms with E-state index in [-0.39, 0.29) is 1.43 Å². The van der Waals surface area contributed by atoms with Gasteiger partial charge in [-0.15, -0.1) is 0 Å². The standard InChI is InChI=1S/C6H11N.H2/c1-5(2)4-6(3)7;/h4H,1,7H2,2-3H3;1H/b6-4-;. The lowest BCUT2D eigenvalue weighted by Crippen LogP contribution is -1.88. The Morgan fingerprint density at radius 3 is 2.14 bits per heavy atom. The fourth-order valence-electron chi connectivity index (χ4n) is 0.389. The van der Waals surface area contributed by atoms with Crippen molar-refractivity contribution in [1.82, 2.24) is 0 Å². The Morgan fingerprint density at radius 2 is 2.14 bits per heavy atom. The molecule has 0 heterocycles. The van der Waals surface area contributed by atoms with Crippen molar-refractivity contribution in [3.63, 3.8) is 0 Å². The van der Waals surface area contributed by atoms with Crippen molar-refractivity contribution in [2.75, 3.05) is 0 Å². The van der Waals surface area contributed by atoms with Crippen molar-refractivity contribution in [2.24, 2.45) is 5.73 Å². The van der Waals surface area contributed by atoms with E-state index in [1.54, 1.807) is 0 Å². The van der Waals surface area contributed by atoms with Gasteiger partial charge in [-0.3, -0.25) is 0 Å². The maximum atomic E-state index is 5.29. The summed E-state index contributed by atoms with van der Waals surface area (Å²) in [6.07, 6.45) is 1.83. The molecule has 7 heavy (non-hydrogen) atoms. The predicted octanol–water partition coefficient (Wildman–Crippen LogP) is 1.67. The second kappa shape index (κ2) is 2.45. The molecule has 1 nitrogen and oxygen atoms in total. The highest BCUT2D eigenvalue weighted by molar-refractivity contribution is 5.14. The molecule has 0 aliphatic heterocycles. The van der Waals surface area contributed by atoms with Gasteiger partial charge in [-0.05, 0) is 19.9 Å². The Bertz CT molecular complexity index is 101. The van der Waals surface area contributed by atoms with Crippen LogP contribution >= 0.6 is 0 Å². The Kier molecular flexibility index (Phi) is 2.20. The monoisotopic (exact) mass is 99.1 g/mol. The van der Waals surface area contributed by atoms with Crippen LogP contribution in [-0.2, 0) is 0 Å². The molecule has 1 heteroatoms. The van der Waals surface area contributed by atoms with E-state index in [1.807, 2.05) is 19.9 Å². The molecule has 0 aromatic rings. The number of hydrogen-bond acceptors (Lipinski definition) is 1. The molecule has 0 aliphatic rings. The largest absolute Gasteiger partial charge is 0.402 e. The van der Waals surface area contributed by atoms with Crippen molar-refractivity contribution in [3.05, 3.63) is 23.9 Å². The summed E-state index contributed by atoms with van der Waals surface area (Å²) in [7, 11) is 0. The molecule has 0 aromatic heterocycles. The smallest absolute Gasteiger partial charge is 0.00513 e. The molecule has 0 unspecified atom stereocenters. The first kappa shape index (κ1) is 6.28. The Balaban J connectivity index is 0. The molecule has 0 bridgehead atoms. The molecule has 0 fully saturated rings. The fourth-order valence-corrected chi connectivity index (χ4v) is 0.389. The van der Waals surface area contributed by atoms with Gasteiger partial charge in [-0.25, -0.2) is 0 Å². The van der Waals surface area contributed by atoms with Gasteiger partial charge >= 0.3 is 0 Å². The second-order valence-electron chi connectivity index (χ2n) is 1.73. The van der Waals surface area contributed by atoms with Gasteiger partial charge in [-0.2, -0.15) is 0 Å². The third kappa shape index (κ3) is 5.28. The summed E-state index contributed by atoms with van der Waals surface area (Å²) >= 11 is 0. The van der Waals surface area contributed by atoms with Crippen LogP contribution in [0, 0.1) is 0 Å². The first-order valence-electron chi connectivity index (χ1n) is 2.22. The number of nitrogens with two attached hydrogens (primary N) is 1. The van der Waals surface area contributed by atoms with E-state index in [0.717, 1.165) is 11.3 Å². The zero-order chi connectivity index (χ0) is 5.86. The van der Waals surface area contributed by atoms with E-state index < -0.39 is 0 Å². The highest BCUT2D eigenvalue weighted by Crippen LogP contribution is 1.90. The maximum Gasteiger partial charge on any atom is 0.00513 e. The SMILES string of the molecule is C=C(C)/C=C(/C)N.[HH]. The van der Waals surface area contributed by atoms with E-state index in [2.05, 4.69) is 6.58 Å². The highest BCUT2D eigenvalue weighted by Gasteiger charge is 1.74. The van der Waals surface area contributed by atoms with Gasteiger partial charge < -0.3 is 5.73 Å². The Hall–Kier alpha value is -0.720. The van der Waals surface area contributed by atoms with Gasteiger partial charge in [0.25, 0.3) is 0 Å². The van der Waals surface area contributed by atoms with Crippen LogP contribution in [0.3, 0.4) is 0 Å². The summed E-state index contributed by atoms with van der Waals surface area (Å²) in [6.45, 7) is 7.39.